The molecule has 5 rings (SSSR count). The summed E-state index contributed by atoms with van der Waals surface area (Å²) in [6.07, 6.45) is 4.88. The van der Waals surface area contributed by atoms with Crippen molar-refractivity contribution in [1.29, 1.82) is 5.26 Å². The van der Waals surface area contributed by atoms with Gasteiger partial charge in [-0.1, -0.05) is 18.2 Å². The van der Waals surface area contributed by atoms with Crippen LogP contribution < -0.4 is 5.32 Å². The highest BCUT2D eigenvalue weighted by atomic mass is 16.5. The van der Waals surface area contributed by atoms with E-state index < -0.39 is 30.7 Å². The van der Waals surface area contributed by atoms with Gasteiger partial charge in [0.2, 0.25) is 0 Å². The second kappa shape index (κ2) is 14.1. The van der Waals surface area contributed by atoms with Crippen molar-refractivity contribution in [1.82, 2.24) is 20.0 Å². The van der Waals surface area contributed by atoms with E-state index in [9.17, 15) is 24.9 Å². The lowest BCUT2D eigenvalue weighted by atomic mass is 9.76. The smallest absolute Gasteiger partial charge is 0.464 e. The Hall–Kier alpha value is -3.41. The highest BCUT2D eigenvalue weighted by molar-refractivity contribution is 6.43. The topological polar surface area (TPSA) is 152 Å². The molecule has 3 aliphatic heterocycles. The predicted molar refractivity (Wildman–Crippen MR) is 163 cm³/mol. The number of ether oxygens (including phenoxy) is 2. The van der Waals surface area contributed by atoms with Gasteiger partial charge >= 0.3 is 13.2 Å². The molecular weight excluding hydrogens is 565 g/mol. The van der Waals surface area contributed by atoms with Crippen LogP contribution in [0.15, 0.2) is 46.6 Å². The number of nitrogens with one attached hydrogen (secondary N) is 1. The fraction of sp³-hybridized carbons (Fsp3) is 0.581. The standard InChI is InChI=1S/C31H42BN5O7/c1-31(2,36-13-11-35(12-14-36)25-19-42-20-25)16-23(17-33)29(38)37-10-6-5-7-24(37)21-44-30(39)34-28(32(40)41)15-22-18-43-27-9-4-3-8-26(22)27/h3-4,8-9,16,18,24-25,28,40-41H,5-7,10-15,19-21H2,1-2H3,(H,34,39)/t24-,28?/m1/s1. The number of carbonyl (C=O) groups excluding carboxylic acids is 2. The van der Waals surface area contributed by atoms with Gasteiger partial charge in [0.15, 0.2) is 0 Å². The molecule has 0 saturated carbocycles. The van der Waals surface area contributed by atoms with Crippen LogP contribution >= 0.6 is 0 Å². The lowest BCUT2D eigenvalue weighted by Gasteiger charge is -2.46. The number of piperidine rings is 1. The van der Waals surface area contributed by atoms with Crippen LogP contribution in [0.1, 0.15) is 38.7 Å². The number of rotatable bonds is 10. The molecule has 13 heteroatoms. The van der Waals surface area contributed by atoms with Gasteiger partial charge in [-0.3, -0.25) is 14.6 Å². The zero-order valence-electron chi connectivity index (χ0n) is 25.5. The second-order valence-corrected chi connectivity index (χ2v) is 12.4. The van der Waals surface area contributed by atoms with E-state index in [1.807, 2.05) is 38.1 Å². The first-order valence-corrected chi connectivity index (χ1v) is 15.4. The molecule has 12 nitrogen and oxygen atoms in total. The minimum absolute atomic E-state index is 0.0740. The molecule has 3 N–H and O–H groups in total. The number of para-hydroxylation sites is 1. The molecule has 3 saturated heterocycles. The van der Waals surface area contributed by atoms with Crippen LogP contribution in [0.3, 0.4) is 0 Å². The van der Waals surface area contributed by atoms with E-state index >= 15 is 0 Å². The Morgan fingerprint density at radius 3 is 2.61 bits per heavy atom. The lowest BCUT2D eigenvalue weighted by Crippen LogP contribution is -2.59. The molecule has 2 atom stereocenters. The van der Waals surface area contributed by atoms with Crippen molar-refractivity contribution in [3.8, 4) is 6.07 Å². The largest absolute Gasteiger partial charge is 0.475 e. The summed E-state index contributed by atoms with van der Waals surface area (Å²) in [5.41, 5.74) is 0.966. The van der Waals surface area contributed by atoms with Crippen LogP contribution in [-0.4, -0.2) is 120 Å². The number of alkyl carbamates (subject to hydrolysis) is 1. The number of benzene rings is 1. The molecule has 236 valence electrons. The fourth-order valence-corrected chi connectivity index (χ4v) is 6.30. The molecule has 2 amide bonds. The maximum atomic E-state index is 13.6. The molecule has 1 aromatic heterocycles. The Labute approximate surface area is 258 Å². The molecule has 0 spiro atoms. The Kier molecular flexibility index (Phi) is 10.3. The number of carbonyl (C=O) groups is 2. The molecular formula is C31H42BN5O7. The van der Waals surface area contributed by atoms with Gasteiger partial charge in [0, 0.05) is 43.6 Å². The quantitative estimate of drug-likeness (QED) is 0.207. The summed E-state index contributed by atoms with van der Waals surface area (Å²) in [4.78, 5) is 32.8. The number of piperazine rings is 1. The van der Waals surface area contributed by atoms with E-state index in [0.717, 1.165) is 63.2 Å². The molecule has 3 aliphatic rings. The Morgan fingerprint density at radius 1 is 1.18 bits per heavy atom. The van der Waals surface area contributed by atoms with Crippen LogP contribution in [0.4, 0.5) is 4.79 Å². The summed E-state index contributed by atoms with van der Waals surface area (Å²) >= 11 is 0. The van der Waals surface area contributed by atoms with Crippen molar-refractivity contribution in [3.05, 3.63) is 47.7 Å². The Bertz CT molecular complexity index is 1380. The number of likely N-dealkylation sites (tertiary alicyclic amines) is 1. The van der Waals surface area contributed by atoms with Gasteiger partial charge in [0.05, 0.1) is 37.5 Å². The van der Waals surface area contributed by atoms with Crippen LogP contribution in [0.25, 0.3) is 11.0 Å². The van der Waals surface area contributed by atoms with Crippen molar-refractivity contribution < 1.29 is 33.5 Å². The van der Waals surface area contributed by atoms with Crippen LogP contribution in [0, 0.1) is 11.3 Å². The van der Waals surface area contributed by atoms with Gasteiger partial charge in [-0.2, -0.15) is 5.26 Å². The summed E-state index contributed by atoms with van der Waals surface area (Å²) in [5, 5.41) is 33.3. The number of amides is 2. The zero-order valence-corrected chi connectivity index (χ0v) is 25.5. The first-order chi connectivity index (χ1) is 21.2. The van der Waals surface area contributed by atoms with Crippen LogP contribution in [0.5, 0.6) is 0 Å². The van der Waals surface area contributed by atoms with Crippen molar-refractivity contribution in [2.75, 3.05) is 52.5 Å². The Balaban J connectivity index is 1.17. The molecule has 0 aliphatic carbocycles. The second-order valence-electron chi connectivity index (χ2n) is 12.4. The molecule has 44 heavy (non-hydrogen) atoms. The number of furan rings is 1. The normalized spacial score (nSPS) is 21.4. The highest BCUT2D eigenvalue weighted by Gasteiger charge is 2.36. The van der Waals surface area contributed by atoms with Crippen LogP contribution in [0.2, 0.25) is 0 Å². The molecule has 3 fully saturated rings. The molecule has 1 unspecified atom stereocenters. The van der Waals surface area contributed by atoms with Crippen molar-refractivity contribution in [2.45, 2.75) is 63.1 Å². The molecule has 2 aromatic rings. The summed E-state index contributed by atoms with van der Waals surface area (Å²) in [6.45, 7) is 9.51. The van der Waals surface area contributed by atoms with Gasteiger partial charge < -0.3 is 34.2 Å². The van der Waals surface area contributed by atoms with E-state index in [4.69, 9.17) is 13.9 Å². The molecule has 0 bridgehead atoms. The predicted octanol–water partition coefficient (Wildman–Crippen LogP) is 1.71. The third-order valence-electron chi connectivity index (χ3n) is 9.07. The van der Waals surface area contributed by atoms with Gasteiger partial charge in [-0.15, -0.1) is 0 Å². The van der Waals surface area contributed by atoms with Crippen molar-refractivity contribution in [3.63, 3.8) is 0 Å². The summed E-state index contributed by atoms with van der Waals surface area (Å²) in [6, 6.07) is 9.58. The van der Waals surface area contributed by atoms with Gasteiger partial charge in [-0.05, 0) is 57.2 Å². The van der Waals surface area contributed by atoms with E-state index in [2.05, 4.69) is 21.2 Å². The van der Waals surface area contributed by atoms with Gasteiger partial charge in [0.1, 0.15) is 23.8 Å². The summed E-state index contributed by atoms with van der Waals surface area (Å²) in [5.74, 6) is -1.40. The molecule has 0 radical (unpaired) electrons. The Morgan fingerprint density at radius 2 is 1.93 bits per heavy atom. The number of fused-ring (bicyclic) bond motifs is 1. The number of nitriles is 1. The van der Waals surface area contributed by atoms with E-state index in [1.54, 1.807) is 11.0 Å². The third kappa shape index (κ3) is 7.45. The number of hydrogen-bond acceptors (Lipinski definition) is 10. The average Bonchev–Trinajstić information content (AvgIpc) is 3.40. The summed E-state index contributed by atoms with van der Waals surface area (Å²) < 4.78 is 16.3. The van der Waals surface area contributed by atoms with Gasteiger partial charge in [-0.25, -0.2) is 4.79 Å². The van der Waals surface area contributed by atoms with E-state index in [1.165, 1.54) is 6.26 Å². The lowest BCUT2D eigenvalue weighted by molar-refractivity contribution is -0.131. The number of nitrogens with zero attached hydrogens (tertiary/aromatic N) is 4. The highest BCUT2D eigenvalue weighted by Crippen LogP contribution is 2.26. The molecule has 4 heterocycles. The average molecular weight is 608 g/mol. The van der Waals surface area contributed by atoms with E-state index in [0.29, 0.717) is 24.6 Å². The first-order valence-electron chi connectivity index (χ1n) is 15.4. The monoisotopic (exact) mass is 607 g/mol. The van der Waals surface area contributed by atoms with Gasteiger partial charge in [0.25, 0.3) is 5.91 Å². The zero-order chi connectivity index (χ0) is 31.3. The third-order valence-corrected chi connectivity index (χ3v) is 9.07. The van der Waals surface area contributed by atoms with Crippen LogP contribution in [-0.2, 0) is 20.7 Å². The first kappa shape index (κ1) is 32.0. The maximum Gasteiger partial charge on any atom is 0.475 e. The minimum atomic E-state index is -1.83. The maximum absolute atomic E-state index is 13.6. The van der Waals surface area contributed by atoms with Crippen molar-refractivity contribution >= 4 is 30.1 Å². The minimum Gasteiger partial charge on any atom is -0.464 e. The fourth-order valence-electron chi connectivity index (χ4n) is 6.30. The summed E-state index contributed by atoms with van der Waals surface area (Å²) in [7, 11) is -1.83. The van der Waals surface area contributed by atoms with E-state index in [-0.39, 0.29) is 24.5 Å². The molecule has 1 aromatic carbocycles. The number of hydrogen-bond donors (Lipinski definition) is 3. The van der Waals surface area contributed by atoms with Crippen molar-refractivity contribution in [2.24, 2.45) is 0 Å². The SMILES string of the molecule is CC(C)(C=C(C#N)C(=O)N1CCCC[C@@H]1COC(=O)NC(Cc1coc2ccccc12)B(O)O)N1CCN(C2COC2)CC1.